The zero-order valence-electron chi connectivity index (χ0n) is 11.2. The molecule has 2 aliphatic rings. The van der Waals surface area contributed by atoms with Crippen molar-refractivity contribution in [3.8, 4) is 0 Å². The molecule has 0 saturated carbocycles. The highest BCUT2D eigenvalue weighted by Crippen LogP contribution is 2.17. The molecule has 0 aliphatic carbocycles. The molecule has 0 aromatic heterocycles. The molecule has 1 amide bonds. The van der Waals surface area contributed by atoms with Crippen molar-refractivity contribution in [3.05, 3.63) is 0 Å². The average molecular weight is 254 g/mol. The number of amides is 1. The number of piperidine rings is 1. The van der Waals surface area contributed by atoms with Crippen molar-refractivity contribution in [2.75, 3.05) is 26.2 Å². The largest absolute Gasteiger partial charge is 0.378 e. The second-order valence-corrected chi connectivity index (χ2v) is 5.52. The Labute approximate surface area is 110 Å². The van der Waals surface area contributed by atoms with E-state index in [1.54, 1.807) is 0 Å². The Hall–Kier alpha value is -0.610. The lowest BCUT2D eigenvalue weighted by Gasteiger charge is -2.24. The number of carbonyl (C=O) groups excluding carboxylic acids is 1. The molecule has 2 heterocycles. The van der Waals surface area contributed by atoms with Gasteiger partial charge in [-0.2, -0.15) is 0 Å². The molecule has 4 heteroatoms. The van der Waals surface area contributed by atoms with Crippen LogP contribution in [0, 0.1) is 5.92 Å². The Kier molecular flexibility index (Phi) is 5.94. The van der Waals surface area contributed by atoms with E-state index in [0.717, 1.165) is 39.1 Å². The summed E-state index contributed by atoms with van der Waals surface area (Å²) in [4.78, 5) is 11.7. The first-order valence-corrected chi connectivity index (χ1v) is 7.43. The van der Waals surface area contributed by atoms with Crippen LogP contribution >= 0.6 is 0 Å². The number of hydrogen-bond donors (Lipinski definition) is 2. The SMILES string of the molecule is O=C(CCC1CCCCO1)NCC1CCNCC1. The fourth-order valence-corrected chi connectivity index (χ4v) is 2.76. The first-order valence-electron chi connectivity index (χ1n) is 7.43. The zero-order chi connectivity index (χ0) is 12.6. The molecule has 2 N–H and O–H groups in total. The third-order valence-electron chi connectivity index (χ3n) is 4.01. The topological polar surface area (TPSA) is 50.4 Å². The minimum atomic E-state index is 0.197. The molecule has 104 valence electrons. The van der Waals surface area contributed by atoms with Crippen molar-refractivity contribution in [3.63, 3.8) is 0 Å². The van der Waals surface area contributed by atoms with Crippen molar-refractivity contribution >= 4 is 5.91 Å². The van der Waals surface area contributed by atoms with Gasteiger partial charge in [0.2, 0.25) is 5.91 Å². The Morgan fingerprint density at radius 1 is 1.22 bits per heavy atom. The molecule has 0 aromatic carbocycles. The predicted octanol–water partition coefficient (Wildman–Crippen LogP) is 1.45. The summed E-state index contributed by atoms with van der Waals surface area (Å²) in [6, 6.07) is 0. The van der Waals surface area contributed by atoms with Crippen LogP contribution in [0.25, 0.3) is 0 Å². The molecule has 1 atom stereocenters. The Balaban J connectivity index is 1.54. The van der Waals surface area contributed by atoms with Crippen LogP contribution in [0.1, 0.15) is 44.9 Å². The van der Waals surface area contributed by atoms with E-state index in [2.05, 4.69) is 10.6 Å². The first kappa shape index (κ1) is 13.8. The highest BCUT2D eigenvalue weighted by Gasteiger charge is 2.17. The highest BCUT2D eigenvalue weighted by molar-refractivity contribution is 5.75. The van der Waals surface area contributed by atoms with Gasteiger partial charge in [-0.05, 0) is 57.5 Å². The molecular weight excluding hydrogens is 228 g/mol. The van der Waals surface area contributed by atoms with Gasteiger partial charge in [0.15, 0.2) is 0 Å². The van der Waals surface area contributed by atoms with Gasteiger partial charge in [-0.25, -0.2) is 0 Å². The van der Waals surface area contributed by atoms with Crippen LogP contribution in [-0.4, -0.2) is 38.3 Å². The van der Waals surface area contributed by atoms with Crippen molar-refractivity contribution in [1.82, 2.24) is 10.6 Å². The van der Waals surface area contributed by atoms with Crippen LogP contribution in [0.2, 0.25) is 0 Å². The summed E-state index contributed by atoms with van der Waals surface area (Å²) in [5.74, 6) is 0.865. The molecule has 1 unspecified atom stereocenters. The zero-order valence-corrected chi connectivity index (χ0v) is 11.2. The van der Waals surface area contributed by atoms with Gasteiger partial charge in [-0.1, -0.05) is 0 Å². The maximum atomic E-state index is 11.7. The van der Waals surface area contributed by atoms with E-state index in [1.165, 1.54) is 25.7 Å². The van der Waals surface area contributed by atoms with E-state index in [1.807, 2.05) is 0 Å². The van der Waals surface area contributed by atoms with Crippen LogP contribution < -0.4 is 10.6 Å². The summed E-state index contributed by atoms with van der Waals surface area (Å²) in [7, 11) is 0. The normalized spacial score (nSPS) is 25.9. The van der Waals surface area contributed by atoms with Gasteiger partial charge in [0.05, 0.1) is 6.10 Å². The fourth-order valence-electron chi connectivity index (χ4n) is 2.76. The lowest BCUT2D eigenvalue weighted by atomic mass is 9.98. The van der Waals surface area contributed by atoms with Gasteiger partial charge in [-0.3, -0.25) is 4.79 Å². The van der Waals surface area contributed by atoms with Crippen LogP contribution in [0.5, 0.6) is 0 Å². The third-order valence-corrected chi connectivity index (χ3v) is 4.01. The Morgan fingerprint density at radius 2 is 2.06 bits per heavy atom. The van der Waals surface area contributed by atoms with Crippen LogP contribution in [0.4, 0.5) is 0 Å². The van der Waals surface area contributed by atoms with Gasteiger partial charge in [0.25, 0.3) is 0 Å². The van der Waals surface area contributed by atoms with Gasteiger partial charge in [-0.15, -0.1) is 0 Å². The summed E-state index contributed by atoms with van der Waals surface area (Å²) in [6.45, 7) is 3.92. The van der Waals surface area contributed by atoms with E-state index >= 15 is 0 Å². The second kappa shape index (κ2) is 7.74. The third kappa shape index (κ3) is 4.94. The summed E-state index contributed by atoms with van der Waals surface area (Å²) in [6.07, 6.45) is 7.76. The standard InChI is InChI=1S/C14H26N2O2/c17-14(5-4-13-3-1-2-10-18-13)16-11-12-6-8-15-9-7-12/h12-13,15H,1-11H2,(H,16,17). The van der Waals surface area contributed by atoms with Crippen LogP contribution in [-0.2, 0) is 9.53 Å². The number of rotatable bonds is 5. The molecule has 0 bridgehead atoms. The fraction of sp³-hybridized carbons (Fsp3) is 0.929. The van der Waals surface area contributed by atoms with E-state index in [0.29, 0.717) is 18.4 Å². The van der Waals surface area contributed by atoms with Crippen LogP contribution in [0.3, 0.4) is 0 Å². The van der Waals surface area contributed by atoms with Crippen LogP contribution in [0.15, 0.2) is 0 Å². The highest BCUT2D eigenvalue weighted by atomic mass is 16.5. The molecule has 4 nitrogen and oxygen atoms in total. The maximum absolute atomic E-state index is 11.7. The van der Waals surface area contributed by atoms with Crippen molar-refractivity contribution in [2.45, 2.75) is 51.0 Å². The Morgan fingerprint density at radius 3 is 2.78 bits per heavy atom. The van der Waals surface area contributed by atoms with E-state index in [9.17, 15) is 4.79 Å². The molecule has 2 fully saturated rings. The first-order chi connectivity index (χ1) is 8.84. The smallest absolute Gasteiger partial charge is 0.220 e. The Bertz CT molecular complexity index is 222. The predicted molar refractivity (Wildman–Crippen MR) is 71.4 cm³/mol. The molecule has 2 saturated heterocycles. The van der Waals surface area contributed by atoms with E-state index in [4.69, 9.17) is 4.74 Å². The van der Waals surface area contributed by atoms with Crippen molar-refractivity contribution in [1.29, 1.82) is 0 Å². The number of ether oxygens (including phenoxy) is 1. The van der Waals surface area contributed by atoms with Gasteiger partial charge in [0, 0.05) is 19.6 Å². The van der Waals surface area contributed by atoms with E-state index < -0.39 is 0 Å². The molecule has 2 rings (SSSR count). The summed E-state index contributed by atoms with van der Waals surface area (Å²) >= 11 is 0. The average Bonchev–Trinajstić information content (AvgIpc) is 2.45. The van der Waals surface area contributed by atoms with Gasteiger partial charge in [0.1, 0.15) is 0 Å². The number of nitrogens with one attached hydrogen (secondary N) is 2. The molecular formula is C14H26N2O2. The summed E-state index contributed by atoms with van der Waals surface area (Å²) in [5, 5.41) is 6.41. The quantitative estimate of drug-likeness (QED) is 0.781. The van der Waals surface area contributed by atoms with Crippen molar-refractivity contribution in [2.24, 2.45) is 5.92 Å². The molecule has 0 radical (unpaired) electrons. The van der Waals surface area contributed by atoms with Crippen molar-refractivity contribution < 1.29 is 9.53 Å². The lowest BCUT2D eigenvalue weighted by molar-refractivity contribution is -0.122. The number of hydrogen-bond acceptors (Lipinski definition) is 3. The minimum Gasteiger partial charge on any atom is -0.378 e. The number of carbonyl (C=O) groups is 1. The minimum absolute atomic E-state index is 0.197. The molecule has 0 spiro atoms. The molecule has 0 aromatic rings. The molecule has 2 aliphatic heterocycles. The van der Waals surface area contributed by atoms with Gasteiger partial charge >= 0.3 is 0 Å². The second-order valence-electron chi connectivity index (χ2n) is 5.52. The maximum Gasteiger partial charge on any atom is 0.220 e. The summed E-state index contributed by atoms with van der Waals surface area (Å²) < 4.78 is 5.63. The van der Waals surface area contributed by atoms with E-state index in [-0.39, 0.29) is 5.91 Å². The monoisotopic (exact) mass is 254 g/mol. The van der Waals surface area contributed by atoms with Gasteiger partial charge < -0.3 is 15.4 Å². The lowest BCUT2D eigenvalue weighted by Crippen LogP contribution is -2.36. The molecule has 18 heavy (non-hydrogen) atoms. The summed E-state index contributed by atoms with van der Waals surface area (Å²) in [5.41, 5.74) is 0.